The van der Waals surface area contributed by atoms with E-state index in [2.05, 4.69) is 6.58 Å². The van der Waals surface area contributed by atoms with Crippen LogP contribution in [-0.4, -0.2) is 11.4 Å². The zero-order valence-corrected chi connectivity index (χ0v) is 5.95. The molecular weight excluding hydrogens is 140 g/mol. The van der Waals surface area contributed by atoms with Gasteiger partial charge in [0.25, 0.3) is 0 Å². The molecule has 1 rings (SSSR count). The number of phenolic OH excluding ortho intramolecular Hbond substituents is 1. The molecule has 0 heterocycles. The number of aromatic hydroxyl groups is 1. The largest absolute Gasteiger partial charge is 0.507 e. The summed E-state index contributed by atoms with van der Waals surface area (Å²) in [7, 11) is 0. The molecule has 1 N–H and O–H groups in total. The van der Waals surface area contributed by atoms with Gasteiger partial charge in [-0.3, -0.25) is 4.79 Å². The van der Waals surface area contributed by atoms with E-state index in [-0.39, 0.29) is 5.75 Å². The van der Waals surface area contributed by atoms with E-state index >= 15 is 0 Å². The molecule has 0 spiro atoms. The second-order valence-electron chi connectivity index (χ2n) is 2.14. The van der Waals surface area contributed by atoms with Gasteiger partial charge in [-0.2, -0.15) is 0 Å². The van der Waals surface area contributed by atoms with E-state index in [0.29, 0.717) is 11.1 Å². The molecule has 0 aliphatic heterocycles. The molecule has 2 nitrogen and oxygen atoms in total. The van der Waals surface area contributed by atoms with Crippen molar-refractivity contribution in [2.24, 2.45) is 0 Å². The van der Waals surface area contributed by atoms with Gasteiger partial charge in [0, 0.05) is 11.1 Å². The molecule has 0 fully saturated rings. The zero-order valence-electron chi connectivity index (χ0n) is 5.95. The van der Waals surface area contributed by atoms with Crippen molar-refractivity contribution in [3.05, 3.63) is 35.9 Å². The predicted octanol–water partition coefficient (Wildman–Crippen LogP) is 1.85. The third-order valence-electron chi connectivity index (χ3n) is 1.41. The molecule has 0 radical (unpaired) electrons. The molecule has 1 aromatic rings. The van der Waals surface area contributed by atoms with Gasteiger partial charge in [-0.15, -0.1) is 0 Å². The second kappa shape index (κ2) is 3.01. The van der Waals surface area contributed by atoms with Gasteiger partial charge in [0.05, 0.1) is 0 Å². The molecule has 0 saturated heterocycles. The number of hydrogen-bond donors (Lipinski definition) is 1. The Bertz CT molecular complexity index is 290. The molecule has 11 heavy (non-hydrogen) atoms. The van der Waals surface area contributed by atoms with Gasteiger partial charge in [-0.1, -0.05) is 12.7 Å². The number of phenols is 1. The van der Waals surface area contributed by atoms with Gasteiger partial charge in [-0.05, 0) is 18.2 Å². The molecule has 56 valence electrons. The standard InChI is InChI=1S/C9H8O2/c1-2-8-5-7(6-10)3-4-9(8)11/h2-6,11H,1H2. The van der Waals surface area contributed by atoms with E-state index in [0.717, 1.165) is 6.29 Å². The number of benzene rings is 1. The Morgan fingerprint density at radius 1 is 1.45 bits per heavy atom. The van der Waals surface area contributed by atoms with Gasteiger partial charge in [-0.25, -0.2) is 0 Å². The molecule has 2 heteroatoms. The van der Waals surface area contributed by atoms with Crippen LogP contribution in [0.15, 0.2) is 24.8 Å². The summed E-state index contributed by atoms with van der Waals surface area (Å²) in [5, 5.41) is 9.14. The van der Waals surface area contributed by atoms with Gasteiger partial charge in [0.1, 0.15) is 12.0 Å². The second-order valence-corrected chi connectivity index (χ2v) is 2.14. The first-order valence-corrected chi connectivity index (χ1v) is 3.18. The molecule has 0 unspecified atom stereocenters. The Morgan fingerprint density at radius 3 is 2.73 bits per heavy atom. The van der Waals surface area contributed by atoms with E-state index in [4.69, 9.17) is 5.11 Å². The quantitative estimate of drug-likeness (QED) is 0.650. The van der Waals surface area contributed by atoms with E-state index in [1.807, 2.05) is 0 Å². The highest BCUT2D eigenvalue weighted by molar-refractivity contribution is 5.77. The van der Waals surface area contributed by atoms with Crippen molar-refractivity contribution in [3.63, 3.8) is 0 Å². The Kier molecular flexibility index (Phi) is 2.06. The first kappa shape index (κ1) is 7.54. The molecule has 0 atom stereocenters. The SMILES string of the molecule is C=Cc1cc(C=O)ccc1O. The van der Waals surface area contributed by atoms with Crippen LogP contribution in [0.3, 0.4) is 0 Å². The third-order valence-corrected chi connectivity index (χ3v) is 1.41. The van der Waals surface area contributed by atoms with Gasteiger partial charge < -0.3 is 5.11 Å². The lowest BCUT2D eigenvalue weighted by atomic mass is 10.1. The highest BCUT2D eigenvalue weighted by Crippen LogP contribution is 2.18. The predicted molar refractivity (Wildman–Crippen MR) is 43.6 cm³/mol. The topological polar surface area (TPSA) is 37.3 Å². The van der Waals surface area contributed by atoms with Crippen molar-refractivity contribution in [1.29, 1.82) is 0 Å². The third kappa shape index (κ3) is 1.46. The molecule has 1 aromatic carbocycles. The van der Waals surface area contributed by atoms with Crippen molar-refractivity contribution in [2.75, 3.05) is 0 Å². The first-order valence-electron chi connectivity index (χ1n) is 3.18. The zero-order chi connectivity index (χ0) is 8.27. The van der Waals surface area contributed by atoms with E-state index in [1.54, 1.807) is 12.1 Å². The lowest BCUT2D eigenvalue weighted by Gasteiger charge is -1.97. The van der Waals surface area contributed by atoms with Crippen LogP contribution in [0.25, 0.3) is 6.08 Å². The minimum Gasteiger partial charge on any atom is -0.507 e. The Hall–Kier alpha value is -1.57. The fourth-order valence-electron chi connectivity index (χ4n) is 0.810. The summed E-state index contributed by atoms with van der Waals surface area (Å²) in [6.07, 6.45) is 2.23. The van der Waals surface area contributed by atoms with Crippen LogP contribution in [-0.2, 0) is 0 Å². The van der Waals surface area contributed by atoms with Gasteiger partial charge >= 0.3 is 0 Å². The monoisotopic (exact) mass is 148 g/mol. The minimum absolute atomic E-state index is 0.144. The van der Waals surface area contributed by atoms with Crippen LogP contribution < -0.4 is 0 Å². The molecular formula is C9H8O2. The van der Waals surface area contributed by atoms with E-state index < -0.39 is 0 Å². The first-order chi connectivity index (χ1) is 5.27. The van der Waals surface area contributed by atoms with Crippen LogP contribution in [0.1, 0.15) is 15.9 Å². The van der Waals surface area contributed by atoms with Crippen LogP contribution in [0.2, 0.25) is 0 Å². The minimum atomic E-state index is 0.144. The van der Waals surface area contributed by atoms with E-state index in [9.17, 15) is 4.79 Å². The Morgan fingerprint density at radius 2 is 2.18 bits per heavy atom. The number of hydrogen-bond acceptors (Lipinski definition) is 2. The van der Waals surface area contributed by atoms with Gasteiger partial charge in [0.2, 0.25) is 0 Å². The van der Waals surface area contributed by atoms with Crippen molar-refractivity contribution in [1.82, 2.24) is 0 Å². The lowest BCUT2D eigenvalue weighted by molar-refractivity contribution is 0.112. The highest BCUT2D eigenvalue weighted by atomic mass is 16.3. The lowest BCUT2D eigenvalue weighted by Crippen LogP contribution is -1.80. The summed E-state index contributed by atoms with van der Waals surface area (Å²) in [5.74, 6) is 0.144. The Labute approximate surface area is 64.8 Å². The van der Waals surface area contributed by atoms with Crippen LogP contribution >= 0.6 is 0 Å². The summed E-state index contributed by atoms with van der Waals surface area (Å²) >= 11 is 0. The molecule has 0 aliphatic carbocycles. The smallest absolute Gasteiger partial charge is 0.150 e. The van der Waals surface area contributed by atoms with Crippen molar-refractivity contribution < 1.29 is 9.90 Å². The summed E-state index contributed by atoms with van der Waals surface area (Å²) in [6, 6.07) is 4.60. The van der Waals surface area contributed by atoms with Crippen LogP contribution in [0.5, 0.6) is 5.75 Å². The summed E-state index contributed by atoms with van der Waals surface area (Å²) < 4.78 is 0. The molecule has 0 aliphatic rings. The maximum Gasteiger partial charge on any atom is 0.150 e. The summed E-state index contributed by atoms with van der Waals surface area (Å²) in [6.45, 7) is 3.49. The maximum absolute atomic E-state index is 10.3. The van der Waals surface area contributed by atoms with E-state index in [1.165, 1.54) is 12.1 Å². The molecule has 0 bridgehead atoms. The van der Waals surface area contributed by atoms with Crippen molar-refractivity contribution in [3.8, 4) is 5.75 Å². The van der Waals surface area contributed by atoms with Crippen molar-refractivity contribution in [2.45, 2.75) is 0 Å². The van der Waals surface area contributed by atoms with Crippen LogP contribution in [0, 0.1) is 0 Å². The number of carbonyl (C=O) groups excluding carboxylic acids is 1. The Balaban J connectivity index is 3.22. The average Bonchev–Trinajstić information content (AvgIpc) is 2.05. The normalized spacial score (nSPS) is 9.09. The van der Waals surface area contributed by atoms with Crippen molar-refractivity contribution >= 4 is 12.4 Å². The fourth-order valence-corrected chi connectivity index (χ4v) is 0.810. The fraction of sp³-hybridized carbons (Fsp3) is 0. The maximum atomic E-state index is 10.3. The number of aldehydes is 1. The average molecular weight is 148 g/mol. The van der Waals surface area contributed by atoms with Crippen LogP contribution in [0.4, 0.5) is 0 Å². The molecule has 0 saturated carbocycles. The molecule has 0 aromatic heterocycles. The number of rotatable bonds is 2. The van der Waals surface area contributed by atoms with Gasteiger partial charge in [0.15, 0.2) is 0 Å². The summed E-state index contributed by atoms with van der Waals surface area (Å²) in [5.41, 5.74) is 1.12. The number of carbonyl (C=O) groups is 1. The highest BCUT2D eigenvalue weighted by Gasteiger charge is 1.96. The molecule has 0 amide bonds. The summed E-state index contributed by atoms with van der Waals surface area (Å²) in [4.78, 5) is 10.3.